The number of hydrogen-bond acceptors (Lipinski definition) is 3. The molecule has 1 aromatic rings. The summed E-state index contributed by atoms with van der Waals surface area (Å²) in [5.74, 6) is -0.117. The molecule has 2 saturated heterocycles. The number of rotatable bonds is 2. The smallest absolute Gasteiger partial charge is 0.251 e. The van der Waals surface area contributed by atoms with Gasteiger partial charge in [-0.1, -0.05) is 29.6 Å². The Hall–Kier alpha value is -0.840. The molecule has 3 rings (SSSR count). The molecule has 2 aliphatic rings. The monoisotopic (exact) mass is 327 g/mol. The molecule has 0 radical (unpaired) electrons. The molecule has 4 nitrogen and oxygen atoms in total. The van der Waals surface area contributed by atoms with E-state index in [9.17, 15) is 4.79 Å². The molecule has 0 saturated carbocycles. The van der Waals surface area contributed by atoms with Gasteiger partial charge in [0.15, 0.2) is 0 Å². The van der Waals surface area contributed by atoms with Gasteiger partial charge in [-0.15, -0.1) is 0 Å². The summed E-state index contributed by atoms with van der Waals surface area (Å²) in [6, 6.07) is 4.52. The predicted octanol–water partition coefficient (Wildman–Crippen LogP) is 3.13. The summed E-state index contributed by atoms with van der Waals surface area (Å²) in [6.45, 7) is 0. The van der Waals surface area contributed by atoms with Crippen LogP contribution in [0.5, 0.6) is 0 Å². The third kappa shape index (κ3) is 3.33. The van der Waals surface area contributed by atoms with Gasteiger partial charge in [-0.05, 0) is 44.9 Å². The number of nitrogens with one attached hydrogen (secondary N) is 1. The highest BCUT2D eigenvalue weighted by molar-refractivity contribution is 6.33. The minimum Gasteiger partial charge on any atom is -0.349 e. The van der Waals surface area contributed by atoms with E-state index in [0.29, 0.717) is 17.6 Å². The summed E-state index contributed by atoms with van der Waals surface area (Å²) < 4.78 is 0. The van der Waals surface area contributed by atoms with Crippen molar-refractivity contribution in [2.24, 2.45) is 0 Å². The van der Waals surface area contributed by atoms with Crippen LogP contribution in [0.25, 0.3) is 0 Å². The quantitative estimate of drug-likeness (QED) is 0.849. The third-order valence-electron chi connectivity index (χ3n) is 4.70. The van der Waals surface area contributed by atoms with Crippen molar-refractivity contribution in [1.29, 1.82) is 0 Å². The van der Waals surface area contributed by atoms with Crippen molar-refractivity contribution in [2.75, 3.05) is 7.05 Å². The first-order valence-corrected chi connectivity index (χ1v) is 8.14. The van der Waals surface area contributed by atoms with Crippen LogP contribution in [0.3, 0.4) is 0 Å². The zero-order chi connectivity index (χ0) is 15.0. The summed E-state index contributed by atoms with van der Waals surface area (Å²) in [5, 5.41) is 3.61. The molecule has 1 N–H and O–H groups in total. The van der Waals surface area contributed by atoms with Crippen LogP contribution in [-0.2, 0) is 0 Å². The molecule has 2 aliphatic heterocycles. The summed E-state index contributed by atoms with van der Waals surface area (Å²) in [5.41, 5.74) is 0.476. The van der Waals surface area contributed by atoms with Crippen molar-refractivity contribution in [2.45, 2.75) is 50.2 Å². The van der Waals surface area contributed by atoms with E-state index in [1.807, 2.05) is 0 Å². The lowest BCUT2D eigenvalue weighted by atomic mass is 9.82. The number of piperidine rings is 2. The number of halogens is 2. The minimum absolute atomic E-state index is 0.117. The van der Waals surface area contributed by atoms with E-state index in [0.717, 1.165) is 12.8 Å². The summed E-state index contributed by atoms with van der Waals surface area (Å²) in [7, 11) is 2.20. The maximum Gasteiger partial charge on any atom is 0.251 e. The Morgan fingerprint density at radius 3 is 2.38 bits per heavy atom. The van der Waals surface area contributed by atoms with Crippen LogP contribution >= 0.6 is 23.2 Å². The van der Waals surface area contributed by atoms with Gasteiger partial charge in [0.05, 0.1) is 0 Å². The molecule has 0 aromatic carbocycles. The number of amides is 1. The van der Waals surface area contributed by atoms with E-state index in [1.54, 1.807) is 12.1 Å². The summed E-state index contributed by atoms with van der Waals surface area (Å²) >= 11 is 11.7. The van der Waals surface area contributed by atoms with E-state index < -0.39 is 0 Å². The lowest BCUT2D eigenvalue weighted by Crippen LogP contribution is -2.55. The summed E-state index contributed by atoms with van der Waals surface area (Å²) in [4.78, 5) is 18.7. The molecular formula is C15H19Cl2N3O. The van der Waals surface area contributed by atoms with Crippen LogP contribution < -0.4 is 5.32 Å². The van der Waals surface area contributed by atoms with Crippen LogP contribution in [0.4, 0.5) is 0 Å². The second-order valence-corrected chi connectivity index (χ2v) is 6.82. The van der Waals surface area contributed by atoms with Gasteiger partial charge in [-0.2, -0.15) is 0 Å². The normalized spacial score (nSPS) is 29.2. The number of pyridine rings is 1. The van der Waals surface area contributed by atoms with Gasteiger partial charge in [-0.25, -0.2) is 4.98 Å². The molecule has 0 aliphatic carbocycles. The number of aromatic nitrogens is 1. The van der Waals surface area contributed by atoms with E-state index in [4.69, 9.17) is 23.2 Å². The highest BCUT2D eigenvalue weighted by Crippen LogP contribution is 2.32. The highest BCUT2D eigenvalue weighted by atomic mass is 35.5. The Bertz CT molecular complexity index is 517. The maximum absolute atomic E-state index is 12.3. The standard InChI is InChI=1S/C15H19Cl2N3O/c1-20-11-3-2-4-12(20)8-10(7-11)18-15(21)9-5-13(16)19-14(17)6-9/h5-6,10-12H,2-4,7-8H2,1H3,(H,18,21). The highest BCUT2D eigenvalue weighted by Gasteiger charge is 2.36. The van der Waals surface area contributed by atoms with Gasteiger partial charge < -0.3 is 10.2 Å². The third-order valence-corrected chi connectivity index (χ3v) is 5.09. The number of fused-ring (bicyclic) bond motifs is 2. The number of carbonyl (C=O) groups excluding carboxylic acids is 1. The molecule has 1 amide bonds. The molecule has 2 unspecified atom stereocenters. The fourth-order valence-electron chi connectivity index (χ4n) is 3.60. The predicted molar refractivity (Wildman–Crippen MR) is 83.9 cm³/mol. The van der Waals surface area contributed by atoms with Crippen molar-refractivity contribution < 1.29 is 4.79 Å². The van der Waals surface area contributed by atoms with E-state index in [2.05, 4.69) is 22.2 Å². The lowest BCUT2D eigenvalue weighted by Gasteiger charge is -2.47. The second kappa shape index (κ2) is 6.11. The average Bonchev–Trinajstić information content (AvgIpc) is 2.38. The Morgan fingerprint density at radius 2 is 1.81 bits per heavy atom. The molecule has 21 heavy (non-hydrogen) atoms. The Kier molecular flexibility index (Phi) is 4.38. The molecule has 114 valence electrons. The fraction of sp³-hybridized carbons (Fsp3) is 0.600. The largest absolute Gasteiger partial charge is 0.349 e. The van der Waals surface area contributed by atoms with E-state index in [-0.39, 0.29) is 22.3 Å². The maximum atomic E-state index is 12.3. The molecule has 0 spiro atoms. The molecule has 1 aromatic heterocycles. The number of hydrogen-bond donors (Lipinski definition) is 1. The molecule has 6 heteroatoms. The molecule has 2 fully saturated rings. The van der Waals surface area contributed by atoms with Crippen LogP contribution in [0.15, 0.2) is 12.1 Å². The molecule has 2 bridgehead atoms. The van der Waals surface area contributed by atoms with Crippen LogP contribution in [0, 0.1) is 0 Å². The van der Waals surface area contributed by atoms with Crippen LogP contribution in [0.1, 0.15) is 42.5 Å². The van der Waals surface area contributed by atoms with Crippen molar-refractivity contribution in [1.82, 2.24) is 15.2 Å². The zero-order valence-electron chi connectivity index (χ0n) is 12.0. The minimum atomic E-state index is -0.117. The Morgan fingerprint density at radius 1 is 1.24 bits per heavy atom. The van der Waals surface area contributed by atoms with Gasteiger partial charge in [-0.3, -0.25) is 4.79 Å². The van der Waals surface area contributed by atoms with Crippen LogP contribution in [0.2, 0.25) is 10.3 Å². The summed E-state index contributed by atoms with van der Waals surface area (Å²) in [6.07, 6.45) is 5.80. The van der Waals surface area contributed by atoms with Gasteiger partial charge in [0.25, 0.3) is 5.91 Å². The lowest BCUT2D eigenvalue weighted by molar-refractivity contribution is 0.0463. The first kappa shape index (κ1) is 15.1. The average molecular weight is 328 g/mol. The van der Waals surface area contributed by atoms with E-state index in [1.165, 1.54) is 19.3 Å². The van der Waals surface area contributed by atoms with Gasteiger partial charge in [0.1, 0.15) is 10.3 Å². The van der Waals surface area contributed by atoms with E-state index >= 15 is 0 Å². The Labute approximate surface area is 134 Å². The Balaban J connectivity index is 1.68. The van der Waals surface area contributed by atoms with Crippen LogP contribution in [-0.4, -0.2) is 41.0 Å². The second-order valence-electron chi connectivity index (χ2n) is 6.05. The first-order valence-electron chi connectivity index (χ1n) is 7.39. The van der Waals surface area contributed by atoms with Crippen molar-refractivity contribution >= 4 is 29.1 Å². The molecule has 2 atom stereocenters. The topological polar surface area (TPSA) is 45.2 Å². The molecular weight excluding hydrogens is 309 g/mol. The van der Waals surface area contributed by atoms with Crippen molar-refractivity contribution in [3.8, 4) is 0 Å². The first-order chi connectivity index (χ1) is 10.0. The van der Waals surface area contributed by atoms with Gasteiger partial charge in [0.2, 0.25) is 0 Å². The molecule has 3 heterocycles. The SMILES string of the molecule is CN1C2CCCC1CC(NC(=O)c1cc(Cl)nc(Cl)c1)C2. The number of nitrogens with zero attached hydrogens (tertiary/aromatic N) is 2. The van der Waals surface area contributed by atoms with Crippen molar-refractivity contribution in [3.05, 3.63) is 28.0 Å². The fourth-order valence-corrected chi connectivity index (χ4v) is 4.06. The number of carbonyl (C=O) groups is 1. The van der Waals surface area contributed by atoms with Crippen molar-refractivity contribution in [3.63, 3.8) is 0 Å². The van der Waals surface area contributed by atoms with Gasteiger partial charge >= 0.3 is 0 Å². The van der Waals surface area contributed by atoms with Gasteiger partial charge in [0, 0.05) is 23.7 Å². The zero-order valence-corrected chi connectivity index (χ0v) is 13.5.